The summed E-state index contributed by atoms with van der Waals surface area (Å²) in [6.07, 6.45) is -0.178. The molecule has 170 valence electrons. The third-order valence-electron chi connectivity index (χ3n) is 5.21. The molecule has 7 heteroatoms. The van der Waals surface area contributed by atoms with E-state index in [1.54, 1.807) is 20.8 Å². The Morgan fingerprint density at radius 3 is 2.31 bits per heavy atom. The Labute approximate surface area is 189 Å². The summed E-state index contributed by atoms with van der Waals surface area (Å²) in [4.78, 5) is 39.4. The van der Waals surface area contributed by atoms with E-state index in [1.807, 2.05) is 55.5 Å². The number of rotatable bonds is 5. The molecule has 1 aliphatic rings. The SMILES string of the molecule is Cc1ccc(CNC(=O)CNC(=O)[C@@H]2Cc3ccccc3CN2C(=O)OC(C)(C)C)cc1. The summed E-state index contributed by atoms with van der Waals surface area (Å²) in [6.45, 7) is 7.87. The normalized spacial score (nSPS) is 15.5. The van der Waals surface area contributed by atoms with Crippen molar-refractivity contribution in [2.75, 3.05) is 6.54 Å². The fraction of sp³-hybridized carbons (Fsp3) is 0.400. The molecule has 3 amide bonds. The van der Waals surface area contributed by atoms with Crippen LogP contribution in [0.3, 0.4) is 0 Å². The van der Waals surface area contributed by atoms with E-state index in [2.05, 4.69) is 10.6 Å². The maximum atomic E-state index is 13.0. The van der Waals surface area contributed by atoms with Crippen LogP contribution < -0.4 is 10.6 Å². The number of carbonyl (C=O) groups is 3. The number of aryl methyl sites for hydroxylation is 1. The molecule has 0 aliphatic carbocycles. The number of fused-ring (bicyclic) bond motifs is 1. The van der Waals surface area contributed by atoms with Gasteiger partial charge in [-0.05, 0) is 44.4 Å². The van der Waals surface area contributed by atoms with Gasteiger partial charge in [0.05, 0.1) is 13.1 Å². The summed E-state index contributed by atoms with van der Waals surface area (Å²) in [6, 6.07) is 14.8. The molecule has 1 aliphatic heterocycles. The molecule has 0 spiro atoms. The largest absolute Gasteiger partial charge is 0.444 e. The Kier molecular flexibility index (Phi) is 7.18. The highest BCUT2D eigenvalue weighted by Gasteiger charge is 2.36. The van der Waals surface area contributed by atoms with Crippen LogP contribution in [0.5, 0.6) is 0 Å². The average Bonchev–Trinajstić information content (AvgIpc) is 2.75. The summed E-state index contributed by atoms with van der Waals surface area (Å²) in [5.41, 5.74) is 3.45. The van der Waals surface area contributed by atoms with E-state index >= 15 is 0 Å². The van der Waals surface area contributed by atoms with Crippen molar-refractivity contribution in [3.63, 3.8) is 0 Å². The second-order valence-corrected chi connectivity index (χ2v) is 9.08. The smallest absolute Gasteiger partial charge is 0.411 e. The lowest BCUT2D eigenvalue weighted by Crippen LogP contribution is -2.54. The zero-order valence-corrected chi connectivity index (χ0v) is 19.1. The number of nitrogens with one attached hydrogen (secondary N) is 2. The molecule has 0 unspecified atom stereocenters. The molecule has 2 aromatic rings. The Balaban J connectivity index is 1.62. The van der Waals surface area contributed by atoms with Crippen LogP contribution in [0.1, 0.15) is 43.0 Å². The van der Waals surface area contributed by atoms with Gasteiger partial charge in [0.15, 0.2) is 0 Å². The highest BCUT2D eigenvalue weighted by atomic mass is 16.6. The standard InChI is InChI=1S/C25H31N3O4/c1-17-9-11-18(12-10-17)14-26-22(29)15-27-23(30)21-13-19-7-5-6-8-20(19)16-28(21)24(31)32-25(2,3)4/h5-12,21H,13-16H2,1-4H3,(H,26,29)(H,27,30)/t21-/m0/s1. The van der Waals surface area contributed by atoms with Crippen molar-refractivity contribution in [1.29, 1.82) is 0 Å². The third kappa shape index (κ3) is 6.33. The van der Waals surface area contributed by atoms with Crippen LogP contribution in [-0.2, 0) is 33.8 Å². The lowest BCUT2D eigenvalue weighted by molar-refractivity contribution is -0.130. The first-order valence-corrected chi connectivity index (χ1v) is 10.8. The predicted molar refractivity (Wildman–Crippen MR) is 122 cm³/mol. The van der Waals surface area contributed by atoms with Gasteiger partial charge in [-0.1, -0.05) is 54.1 Å². The highest BCUT2D eigenvalue weighted by molar-refractivity contribution is 5.90. The quantitative estimate of drug-likeness (QED) is 0.753. The van der Waals surface area contributed by atoms with Crippen LogP contribution in [-0.4, -0.2) is 41.0 Å². The number of amides is 3. The lowest BCUT2D eigenvalue weighted by atomic mass is 9.94. The van der Waals surface area contributed by atoms with E-state index < -0.39 is 17.7 Å². The van der Waals surface area contributed by atoms with Crippen LogP contribution in [0, 0.1) is 6.92 Å². The molecule has 1 atom stereocenters. The zero-order valence-electron chi connectivity index (χ0n) is 19.1. The van der Waals surface area contributed by atoms with E-state index in [0.717, 1.165) is 22.3 Å². The van der Waals surface area contributed by atoms with E-state index in [9.17, 15) is 14.4 Å². The van der Waals surface area contributed by atoms with Gasteiger partial charge in [-0.3, -0.25) is 14.5 Å². The van der Waals surface area contributed by atoms with Crippen molar-refractivity contribution in [3.8, 4) is 0 Å². The third-order valence-corrected chi connectivity index (χ3v) is 5.21. The van der Waals surface area contributed by atoms with Gasteiger partial charge in [0.1, 0.15) is 11.6 Å². The minimum atomic E-state index is -0.746. The molecule has 0 radical (unpaired) electrons. The Bertz CT molecular complexity index is 979. The van der Waals surface area contributed by atoms with Crippen molar-refractivity contribution < 1.29 is 19.1 Å². The Morgan fingerprint density at radius 2 is 1.66 bits per heavy atom. The van der Waals surface area contributed by atoms with Crippen molar-refractivity contribution >= 4 is 17.9 Å². The summed E-state index contributed by atoms with van der Waals surface area (Å²) < 4.78 is 5.52. The van der Waals surface area contributed by atoms with Gasteiger partial charge in [-0.25, -0.2) is 4.79 Å². The molecule has 2 aromatic carbocycles. The molecular formula is C25H31N3O4. The molecule has 0 fully saturated rings. The van der Waals surface area contributed by atoms with Gasteiger partial charge in [0, 0.05) is 13.0 Å². The highest BCUT2D eigenvalue weighted by Crippen LogP contribution is 2.25. The maximum absolute atomic E-state index is 13.0. The number of ether oxygens (including phenoxy) is 1. The molecule has 1 heterocycles. The Morgan fingerprint density at radius 1 is 1.00 bits per heavy atom. The van der Waals surface area contributed by atoms with E-state index in [0.29, 0.717) is 13.0 Å². The van der Waals surface area contributed by atoms with Crippen molar-refractivity contribution in [1.82, 2.24) is 15.5 Å². The van der Waals surface area contributed by atoms with E-state index in [4.69, 9.17) is 4.74 Å². The van der Waals surface area contributed by atoms with E-state index in [-0.39, 0.29) is 24.9 Å². The zero-order chi connectivity index (χ0) is 23.3. The molecule has 7 nitrogen and oxygen atoms in total. The molecule has 0 saturated heterocycles. The first-order valence-electron chi connectivity index (χ1n) is 10.8. The van der Waals surface area contributed by atoms with Crippen LogP contribution in [0.2, 0.25) is 0 Å². The Hall–Kier alpha value is -3.35. The molecule has 0 aromatic heterocycles. The number of nitrogens with zero attached hydrogens (tertiary/aromatic N) is 1. The second kappa shape index (κ2) is 9.85. The van der Waals surface area contributed by atoms with Gasteiger partial charge in [0.2, 0.25) is 11.8 Å². The second-order valence-electron chi connectivity index (χ2n) is 9.08. The van der Waals surface area contributed by atoms with Gasteiger partial charge >= 0.3 is 6.09 Å². The molecule has 3 rings (SSSR count). The monoisotopic (exact) mass is 437 g/mol. The lowest BCUT2D eigenvalue weighted by Gasteiger charge is -2.36. The molecular weight excluding hydrogens is 406 g/mol. The fourth-order valence-corrected chi connectivity index (χ4v) is 3.52. The van der Waals surface area contributed by atoms with Gasteiger partial charge in [-0.2, -0.15) is 0 Å². The first kappa shape index (κ1) is 23.3. The summed E-state index contributed by atoms with van der Waals surface area (Å²) >= 11 is 0. The summed E-state index contributed by atoms with van der Waals surface area (Å²) in [5.74, 6) is -0.671. The van der Waals surface area contributed by atoms with Crippen LogP contribution in [0.25, 0.3) is 0 Å². The predicted octanol–water partition coefficient (Wildman–Crippen LogP) is 3.09. The molecule has 32 heavy (non-hydrogen) atoms. The van der Waals surface area contributed by atoms with Crippen molar-refractivity contribution in [3.05, 3.63) is 70.8 Å². The van der Waals surface area contributed by atoms with Gasteiger partial charge in [-0.15, -0.1) is 0 Å². The average molecular weight is 438 g/mol. The molecule has 0 saturated carbocycles. The molecule has 2 N–H and O–H groups in total. The van der Waals surface area contributed by atoms with Crippen LogP contribution in [0.15, 0.2) is 48.5 Å². The van der Waals surface area contributed by atoms with Gasteiger partial charge < -0.3 is 15.4 Å². The number of benzene rings is 2. The maximum Gasteiger partial charge on any atom is 0.411 e. The number of carbonyl (C=O) groups excluding carboxylic acids is 3. The summed E-state index contributed by atoms with van der Waals surface area (Å²) in [5, 5.41) is 5.47. The topological polar surface area (TPSA) is 87.7 Å². The van der Waals surface area contributed by atoms with E-state index in [1.165, 1.54) is 4.90 Å². The van der Waals surface area contributed by atoms with Crippen molar-refractivity contribution in [2.24, 2.45) is 0 Å². The van der Waals surface area contributed by atoms with Crippen molar-refractivity contribution in [2.45, 2.75) is 58.8 Å². The van der Waals surface area contributed by atoms with Crippen LogP contribution in [0.4, 0.5) is 4.79 Å². The summed E-state index contributed by atoms with van der Waals surface area (Å²) in [7, 11) is 0. The van der Waals surface area contributed by atoms with Crippen LogP contribution >= 0.6 is 0 Å². The number of hydrogen-bond donors (Lipinski definition) is 2. The van der Waals surface area contributed by atoms with Gasteiger partial charge in [0.25, 0.3) is 0 Å². The minimum absolute atomic E-state index is 0.162. The first-order chi connectivity index (χ1) is 15.1. The number of hydrogen-bond acceptors (Lipinski definition) is 4. The minimum Gasteiger partial charge on any atom is -0.444 e. The fourth-order valence-electron chi connectivity index (χ4n) is 3.52. The molecule has 0 bridgehead atoms.